The van der Waals surface area contributed by atoms with Gasteiger partial charge in [-0.25, -0.2) is 5.48 Å². The number of amides is 1. The van der Waals surface area contributed by atoms with Gasteiger partial charge in [0.05, 0.1) is 12.4 Å². The molecule has 0 aliphatic carbocycles. The lowest BCUT2D eigenvalue weighted by Gasteiger charge is -2.07. The molecule has 22 heavy (non-hydrogen) atoms. The first-order valence-electron chi connectivity index (χ1n) is 7.32. The molecule has 0 spiro atoms. The zero-order valence-electron chi connectivity index (χ0n) is 12.9. The van der Waals surface area contributed by atoms with E-state index >= 15 is 0 Å². The van der Waals surface area contributed by atoms with E-state index in [0.717, 1.165) is 10.5 Å². The van der Waals surface area contributed by atoms with Gasteiger partial charge in [-0.05, 0) is 29.2 Å². The molecule has 2 rings (SSSR count). The molecule has 0 atom stereocenters. The minimum absolute atomic E-state index is 0.131. The van der Waals surface area contributed by atoms with E-state index in [-0.39, 0.29) is 5.91 Å². The van der Waals surface area contributed by atoms with Crippen molar-refractivity contribution in [1.29, 1.82) is 0 Å². The maximum atomic E-state index is 11.7. The summed E-state index contributed by atoms with van der Waals surface area (Å²) in [5.74, 6) is 0.734. The molecule has 0 fully saturated rings. The van der Waals surface area contributed by atoms with Crippen LogP contribution < -0.4 is 5.48 Å². The van der Waals surface area contributed by atoms with Gasteiger partial charge in [0.25, 0.3) is 5.91 Å². The molecular weight excluding hydrogens is 294 g/mol. The van der Waals surface area contributed by atoms with Gasteiger partial charge in [0.2, 0.25) is 0 Å². The van der Waals surface area contributed by atoms with Crippen LogP contribution in [0.5, 0.6) is 0 Å². The van der Waals surface area contributed by atoms with Crippen LogP contribution in [0.4, 0.5) is 0 Å². The molecule has 116 valence electrons. The molecule has 0 aromatic heterocycles. The fraction of sp³-hybridized carbons (Fsp3) is 0.278. The van der Waals surface area contributed by atoms with E-state index in [2.05, 4.69) is 43.6 Å². The number of carbonyl (C=O) groups excluding carboxylic acids is 1. The zero-order chi connectivity index (χ0) is 15.8. The predicted octanol–water partition coefficient (Wildman–Crippen LogP) is 4.15. The van der Waals surface area contributed by atoms with E-state index < -0.39 is 0 Å². The minimum Gasteiger partial charge on any atom is -0.272 e. The van der Waals surface area contributed by atoms with Crippen LogP contribution in [0.1, 0.15) is 30.9 Å². The third-order valence-corrected chi connectivity index (χ3v) is 4.20. The first kappa shape index (κ1) is 16.6. The Bertz CT molecular complexity index is 582. The number of thioether (sulfide) groups is 1. The van der Waals surface area contributed by atoms with E-state index in [9.17, 15) is 4.79 Å². The quantitative estimate of drug-likeness (QED) is 0.616. The number of rotatable bonds is 7. The van der Waals surface area contributed by atoms with Gasteiger partial charge in [-0.1, -0.05) is 56.3 Å². The fourth-order valence-corrected chi connectivity index (χ4v) is 2.59. The van der Waals surface area contributed by atoms with E-state index in [1.165, 1.54) is 17.3 Å². The number of hydrogen-bond acceptors (Lipinski definition) is 3. The Balaban J connectivity index is 1.69. The lowest BCUT2D eigenvalue weighted by Crippen LogP contribution is -2.25. The summed E-state index contributed by atoms with van der Waals surface area (Å²) in [4.78, 5) is 18.0. The Kier molecular flexibility index (Phi) is 6.49. The molecule has 1 N–H and O–H groups in total. The summed E-state index contributed by atoms with van der Waals surface area (Å²) < 4.78 is 0. The normalized spacial score (nSPS) is 10.7. The van der Waals surface area contributed by atoms with Crippen LogP contribution in [0.3, 0.4) is 0 Å². The van der Waals surface area contributed by atoms with Crippen molar-refractivity contribution < 1.29 is 9.63 Å². The summed E-state index contributed by atoms with van der Waals surface area (Å²) in [6.07, 6.45) is 0. The van der Waals surface area contributed by atoms with Crippen LogP contribution in [-0.4, -0.2) is 11.7 Å². The zero-order valence-corrected chi connectivity index (χ0v) is 13.7. The smallest absolute Gasteiger partial charge is 0.253 e. The van der Waals surface area contributed by atoms with E-state index in [0.29, 0.717) is 18.3 Å². The topological polar surface area (TPSA) is 38.3 Å². The molecular formula is C18H21NO2S. The first-order chi connectivity index (χ1) is 10.6. The summed E-state index contributed by atoms with van der Waals surface area (Å²) in [6.45, 7) is 4.71. The van der Waals surface area contributed by atoms with Crippen LogP contribution in [0, 0.1) is 0 Å². The molecule has 2 aromatic carbocycles. The summed E-state index contributed by atoms with van der Waals surface area (Å²) in [5, 5.41) is 0. The molecule has 1 amide bonds. The highest BCUT2D eigenvalue weighted by molar-refractivity contribution is 8.00. The molecule has 3 nitrogen and oxygen atoms in total. The average Bonchev–Trinajstić information content (AvgIpc) is 2.54. The first-order valence-corrected chi connectivity index (χ1v) is 8.31. The van der Waals surface area contributed by atoms with E-state index in [4.69, 9.17) is 4.84 Å². The Labute approximate surface area is 136 Å². The molecule has 0 saturated carbocycles. The Morgan fingerprint density at radius 2 is 1.77 bits per heavy atom. The van der Waals surface area contributed by atoms with Crippen LogP contribution in [0.25, 0.3) is 0 Å². The maximum Gasteiger partial charge on any atom is 0.253 e. The van der Waals surface area contributed by atoms with Crippen molar-refractivity contribution in [3.8, 4) is 0 Å². The van der Waals surface area contributed by atoms with Gasteiger partial charge in [0.1, 0.15) is 0 Å². The van der Waals surface area contributed by atoms with Crippen LogP contribution in [0.15, 0.2) is 59.5 Å². The lowest BCUT2D eigenvalue weighted by molar-refractivity contribution is -0.131. The predicted molar refractivity (Wildman–Crippen MR) is 90.6 cm³/mol. The van der Waals surface area contributed by atoms with Crippen molar-refractivity contribution in [3.05, 3.63) is 65.7 Å². The number of hydroxylamine groups is 1. The largest absolute Gasteiger partial charge is 0.272 e. The van der Waals surface area contributed by atoms with Gasteiger partial charge < -0.3 is 0 Å². The van der Waals surface area contributed by atoms with Gasteiger partial charge in [-0.3, -0.25) is 9.63 Å². The molecule has 0 bridgehead atoms. The number of benzene rings is 2. The third-order valence-electron chi connectivity index (χ3n) is 3.18. The van der Waals surface area contributed by atoms with Crippen molar-refractivity contribution in [1.82, 2.24) is 5.48 Å². The molecule has 4 heteroatoms. The molecule has 0 aliphatic rings. The maximum absolute atomic E-state index is 11.7. The Morgan fingerprint density at radius 3 is 2.41 bits per heavy atom. The van der Waals surface area contributed by atoms with Crippen molar-refractivity contribution in [2.24, 2.45) is 0 Å². The van der Waals surface area contributed by atoms with Crippen LogP contribution in [-0.2, 0) is 16.2 Å². The monoisotopic (exact) mass is 315 g/mol. The van der Waals surface area contributed by atoms with E-state index in [1.807, 2.05) is 30.3 Å². The van der Waals surface area contributed by atoms with Crippen molar-refractivity contribution >= 4 is 17.7 Å². The van der Waals surface area contributed by atoms with Gasteiger partial charge >= 0.3 is 0 Å². The van der Waals surface area contributed by atoms with Crippen LogP contribution in [0.2, 0.25) is 0 Å². The molecule has 0 aliphatic heterocycles. The van der Waals surface area contributed by atoms with E-state index in [1.54, 1.807) is 0 Å². The Morgan fingerprint density at radius 1 is 1.09 bits per heavy atom. The van der Waals surface area contributed by atoms with Gasteiger partial charge in [-0.2, -0.15) is 0 Å². The highest BCUT2D eigenvalue weighted by atomic mass is 32.2. The van der Waals surface area contributed by atoms with Crippen molar-refractivity contribution in [3.63, 3.8) is 0 Å². The van der Waals surface area contributed by atoms with Gasteiger partial charge in [0.15, 0.2) is 0 Å². The molecule has 2 aromatic rings. The van der Waals surface area contributed by atoms with Gasteiger partial charge in [0, 0.05) is 4.90 Å². The molecule has 0 unspecified atom stereocenters. The molecule has 0 heterocycles. The highest BCUT2D eigenvalue weighted by Gasteiger charge is 2.04. The second-order valence-corrected chi connectivity index (χ2v) is 6.36. The third kappa shape index (κ3) is 5.54. The molecule has 0 saturated heterocycles. The fourth-order valence-electron chi connectivity index (χ4n) is 1.90. The minimum atomic E-state index is -0.131. The second kappa shape index (κ2) is 8.61. The Hall–Kier alpha value is -1.78. The summed E-state index contributed by atoms with van der Waals surface area (Å²) in [7, 11) is 0. The molecule has 0 radical (unpaired) electrons. The highest BCUT2D eigenvalue weighted by Crippen LogP contribution is 2.21. The lowest BCUT2D eigenvalue weighted by atomic mass is 10.0. The number of hydrogen-bond donors (Lipinski definition) is 1. The summed E-state index contributed by atoms with van der Waals surface area (Å²) in [5.41, 5.74) is 4.80. The number of nitrogens with one attached hydrogen (secondary N) is 1. The van der Waals surface area contributed by atoms with Crippen molar-refractivity contribution in [2.45, 2.75) is 31.3 Å². The van der Waals surface area contributed by atoms with Crippen LogP contribution >= 0.6 is 11.8 Å². The summed E-state index contributed by atoms with van der Waals surface area (Å²) >= 11 is 1.50. The standard InChI is InChI=1S/C18H21NO2S/c1-14(2)16-8-10-17(11-9-16)22-13-18(20)19-21-12-15-6-4-3-5-7-15/h3-11,14H,12-13H2,1-2H3,(H,19,20). The van der Waals surface area contributed by atoms with Gasteiger partial charge in [-0.15, -0.1) is 11.8 Å². The second-order valence-electron chi connectivity index (χ2n) is 5.31. The number of carbonyl (C=O) groups is 1. The summed E-state index contributed by atoms with van der Waals surface area (Å²) in [6, 6.07) is 18.1. The SMILES string of the molecule is CC(C)c1ccc(SCC(=O)NOCc2ccccc2)cc1. The van der Waals surface area contributed by atoms with Crippen molar-refractivity contribution in [2.75, 3.05) is 5.75 Å². The average molecular weight is 315 g/mol.